The van der Waals surface area contributed by atoms with Crippen molar-refractivity contribution in [2.75, 3.05) is 11.5 Å². The summed E-state index contributed by atoms with van der Waals surface area (Å²) in [7, 11) is 0. The predicted molar refractivity (Wildman–Crippen MR) is 120 cm³/mol. The normalized spacial score (nSPS) is 20.4. The van der Waals surface area contributed by atoms with Gasteiger partial charge in [0, 0.05) is 17.1 Å². The molecule has 0 bridgehead atoms. The molecule has 31 heavy (non-hydrogen) atoms. The van der Waals surface area contributed by atoms with E-state index in [1.165, 1.54) is 39.8 Å². The van der Waals surface area contributed by atoms with Gasteiger partial charge < -0.3 is 10.4 Å². The number of β-lactam (4-membered cyclic amide) rings is 1. The third-order valence-corrected chi connectivity index (χ3v) is 8.30. The van der Waals surface area contributed by atoms with E-state index in [0.717, 1.165) is 20.5 Å². The maximum absolute atomic E-state index is 12.8. The molecule has 0 saturated carbocycles. The van der Waals surface area contributed by atoms with Crippen molar-refractivity contribution >= 4 is 52.6 Å². The van der Waals surface area contributed by atoms with Crippen molar-refractivity contribution in [1.82, 2.24) is 20.4 Å². The summed E-state index contributed by atoms with van der Waals surface area (Å²) in [6, 6.07) is 4.76. The molecule has 0 spiro atoms. The standard InChI is InChI=1S/C20H20N4O4S3/c1-9-4-10(2)6-12(5-9)16(25)21-14-17(26)24-15(19(27)28)13(7-29-18(14)24)8-30-20-23-22-11(3)31-20/h4-6,14,18H,7-8H2,1-3H3,(H,21,25)(H,27,28)/t14-,18-/m1/s1. The Morgan fingerprint density at radius 2 is 1.94 bits per heavy atom. The van der Waals surface area contributed by atoms with Crippen LogP contribution in [0.2, 0.25) is 0 Å². The number of hydrogen-bond acceptors (Lipinski definition) is 8. The van der Waals surface area contributed by atoms with Gasteiger partial charge >= 0.3 is 5.97 Å². The fraction of sp³-hybridized carbons (Fsp3) is 0.350. The maximum atomic E-state index is 12.8. The molecule has 11 heteroatoms. The molecule has 2 aromatic rings. The number of aryl methyl sites for hydroxylation is 3. The van der Waals surface area contributed by atoms with E-state index in [1.807, 2.05) is 26.8 Å². The number of nitrogens with zero attached hydrogens (tertiary/aromatic N) is 3. The lowest BCUT2D eigenvalue weighted by Crippen LogP contribution is -2.70. The third-order valence-electron chi connectivity index (χ3n) is 4.90. The first-order valence-corrected chi connectivity index (χ1v) is 12.3. The third kappa shape index (κ3) is 4.35. The molecule has 3 heterocycles. The number of thioether (sulfide) groups is 2. The van der Waals surface area contributed by atoms with E-state index in [-0.39, 0.29) is 11.6 Å². The molecule has 2 aliphatic rings. The van der Waals surface area contributed by atoms with Crippen LogP contribution in [0.1, 0.15) is 26.5 Å². The first kappa shape index (κ1) is 21.8. The summed E-state index contributed by atoms with van der Waals surface area (Å²) in [5.74, 6) is -0.988. The topological polar surface area (TPSA) is 112 Å². The summed E-state index contributed by atoms with van der Waals surface area (Å²) in [5.41, 5.74) is 3.09. The molecule has 2 atom stereocenters. The number of fused-ring (bicyclic) bond motifs is 1. The van der Waals surface area contributed by atoms with Crippen molar-refractivity contribution in [1.29, 1.82) is 0 Å². The van der Waals surface area contributed by atoms with Gasteiger partial charge in [0.2, 0.25) is 0 Å². The first-order chi connectivity index (χ1) is 14.7. The van der Waals surface area contributed by atoms with Crippen LogP contribution in [0.5, 0.6) is 0 Å². The molecule has 1 aromatic carbocycles. The number of amides is 2. The fourth-order valence-electron chi connectivity index (χ4n) is 3.61. The summed E-state index contributed by atoms with van der Waals surface area (Å²) in [5, 5.41) is 21.0. The second-order valence-electron chi connectivity index (χ2n) is 7.37. The number of rotatable bonds is 6. The smallest absolute Gasteiger partial charge is 0.352 e. The maximum Gasteiger partial charge on any atom is 0.352 e. The highest BCUT2D eigenvalue weighted by Gasteiger charge is 2.54. The van der Waals surface area contributed by atoms with E-state index < -0.39 is 23.3 Å². The molecular weight excluding hydrogens is 456 g/mol. The van der Waals surface area contributed by atoms with Crippen LogP contribution < -0.4 is 5.32 Å². The molecule has 2 aliphatic heterocycles. The molecule has 162 valence electrons. The summed E-state index contributed by atoms with van der Waals surface area (Å²) < 4.78 is 0.760. The van der Waals surface area contributed by atoms with Crippen LogP contribution in [0.25, 0.3) is 0 Å². The number of carbonyl (C=O) groups excluding carboxylic acids is 2. The number of carboxylic acids is 1. The lowest BCUT2D eigenvalue weighted by Gasteiger charge is -2.49. The number of nitrogens with one attached hydrogen (secondary N) is 1. The molecule has 2 N–H and O–H groups in total. The minimum absolute atomic E-state index is 0.0133. The zero-order valence-corrected chi connectivity index (χ0v) is 19.5. The fourth-order valence-corrected chi connectivity index (χ4v) is 6.91. The van der Waals surface area contributed by atoms with Crippen LogP contribution in [0.3, 0.4) is 0 Å². The van der Waals surface area contributed by atoms with Crippen LogP contribution in [-0.2, 0) is 9.59 Å². The van der Waals surface area contributed by atoms with Crippen molar-refractivity contribution in [2.45, 2.75) is 36.5 Å². The number of carbonyl (C=O) groups is 3. The molecule has 0 radical (unpaired) electrons. The van der Waals surface area contributed by atoms with E-state index in [2.05, 4.69) is 15.5 Å². The second-order valence-corrected chi connectivity index (χ2v) is 10.9. The van der Waals surface area contributed by atoms with E-state index in [4.69, 9.17) is 0 Å². The number of aliphatic carboxylic acids is 1. The van der Waals surface area contributed by atoms with Crippen molar-refractivity contribution in [2.24, 2.45) is 0 Å². The molecule has 1 aromatic heterocycles. The van der Waals surface area contributed by atoms with E-state index >= 15 is 0 Å². The highest BCUT2D eigenvalue weighted by Crippen LogP contribution is 2.41. The van der Waals surface area contributed by atoms with E-state index in [1.54, 1.807) is 12.1 Å². The molecule has 4 rings (SSSR count). The number of hydrogen-bond donors (Lipinski definition) is 2. The van der Waals surface area contributed by atoms with Gasteiger partial charge in [0.05, 0.1) is 0 Å². The largest absolute Gasteiger partial charge is 0.477 e. The average Bonchev–Trinajstić information content (AvgIpc) is 3.13. The Morgan fingerprint density at radius 3 is 2.55 bits per heavy atom. The molecule has 1 saturated heterocycles. The van der Waals surface area contributed by atoms with Gasteiger partial charge in [-0.2, -0.15) is 0 Å². The van der Waals surface area contributed by atoms with Crippen LogP contribution in [0.4, 0.5) is 0 Å². The monoisotopic (exact) mass is 476 g/mol. The Bertz CT molecular complexity index is 1090. The van der Waals surface area contributed by atoms with Crippen LogP contribution in [-0.4, -0.2) is 60.9 Å². The Labute approximate surface area is 191 Å². The minimum Gasteiger partial charge on any atom is -0.477 e. The lowest BCUT2D eigenvalue weighted by atomic mass is 10.0. The van der Waals surface area contributed by atoms with Crippen molar-refractivity contribution in [3.63, 3.8) is 0 Å². The van der Waals surface area contributed by atoms with Crippen molar-refractivity contribution < 1.29 is 19.5 Å². The highest BCUT2D eigenvalue weighted by atomic mass is 32.2. The van der Waals surface area contributed by atoms with Gasteiger partial charge in [-0.3, -0.25) is 14.5 Å². The van der Waals surface area contributed by atoms with Gasteiger partial charge in [-0.1, -0.05) is 40.3 Å². The van der Waals surface area contributed by atoms with Crippen LogP contribution in [0.15, 0.2) is 33.8 Å². The van der Waals surface area contributed by atoms with Crippen molar-refractivity contribution in [3.8, 4) is 0 Å². The zero-order chi connectivity index (χ0) is 22.3. The quantitative estimate of drug-likeness (QED) is 0.483. The number of carboxylic acid groups (broad SMARTS) is 1. The summed E-state index contributed by atoms with van der Waals surface area (Å²) >= 11 is 4.32. The van der Waals surface area contributed by atoms with Crippen molar-refractivity contribution in [3.05, 3.63) is 51.2 Å². The SMILES string of the molecule is Cc1cc(C)cc(C(=O)N[C@@H]2C(=O)N3C(C(=O)O)=C(CSc4nnc(C)s4)CS[C@H]23)c1. The molecular formula is C20H20N4O4S3. The average molecular weight is 477 g/mol. The molecule has 8 nitrogen and oxygen atoms in total. The molecule has 0 aliphatic carbocycles. The van der Waals surface area contributed by atoms with Gasteiger partial charge in [0.25, 0.3) is 11.8 Å². The Balaban J connectivity index is 1.49. The minimum atomic E-state index is -1.14. The molecule has 1 fully saturated rings. The Hall–Kier alpha value is -2.37. The van der Waals surface area contributed by atoms with E-state index in [9.17, 15) is 19.5 Å². The number of benzene rings is 1. The highest BCUT2D eigenvalue weighted by molar-refractivity contribution is 8.01. The van der Waals surface area contributed by atoms with Gasteiger partial charge in [0.1, 0.15) is 22.1 Å². The summed E-state index contributed by atoms with van der Waals surface area (Å²) in [4.78, 5) is 38.7. The van der Waals surface area contributed by atoms with Gasteiger partial charge in [0.15, 0.2) is 4.34 Å². The Kier molecular flexibility index (Phi) is 6.09. The summed E-state index contributed by atoms with van der Waals surface area (Å²) in [6.07, 6.45) is 0. The zero-order valence-electron chi connectivity index (χ0n) is 17.0. The first-order valence-electron chi connectivity index (χ1n) is 9.46. The lowest BCUT2D eigenvalue weighted by molar-refractivity contribution is -0.148. The molecule has 0 unspecified atom stereocenters. The Morgan fingerprint density at radius 1 is 1.23 bits per heavy atom. The summed E-state index contributed by atoms with van der Waals surface area (Å²) in [6.45, 7) is 5.67. The van der Waals surface area contributed by atoms with Gasteiger partial charge in [-0.15, -0.1) is 22.0 Å². The van der Waals surface area contributed by atoms with E-state index in [0.29, 0.717) is 22.6 Å². The second kappa shape index (κ2) is 8.64. The van der Waals surface area contributed by atoms with Crippen LogP contribution in [0, 0.1) is 20.8 Å². The molecule has 2 amide bonds. The van der Waals surface area contributed by atoms with Gasteiger partial charge in [-0.25, -0.2) is 4.79 Å². The predicted octanol–water partition coefficient (Wildman–Crippen LogP) is 2.61. The van der Waals surface area contributed by atoms with Gasteiger partial charge in [-0.05, 0) is 38.5 Å². The van der Waals surface area contributed by atoms with Crippen LogP contribution >= 0.6 is 34.9 Å². The number of aromatic nitrogens is 2.